The van der Waals surface area contributed by atoms with Crippen LogP contribution < -0.4 is 5.32 Å². The summed E-state index contributed by atoms with van der Waals surface area (Å²) in [4.78, 5) is 12.4. The highest BCUT2D eigenvalue weighted by molar-refractivity contribution is 9.10. The van der Waals surface area contributed by atoms with Crippen LogP contribution in [-0.2, 0) is 4.79 Å². The number of rotatable bonds is 4. The third-order valence-corrected chi connectivity index (χ3v) is 4.91. The SMILES string of the molecule is Cc1cc(/C=C(/C#N)C(=O)Nc2ccccc2Br)c(C)n1C1CC1. The predicted octanol–water partition coefficient (Wildman–Crippen LogP) is 4.75. The fourth-order valence-electron chi connectivity index (χ4n) is 2.90. The van der Waals surface area contributed by atoms with E-state index in [0.717, 1.165) is 15.7 Å². The predicted molar refractivity (Wildman–Crippen MR) is 98.5 cm³/mol. The number of benzene rings is 1. The van der Waals surface area contributed by atoms with Gasteiger partial charge in [0.2, 0.25) is 0 Å². The van der Waals surface area contributed by atoms with Gasteiger partial charge in [0.25, 0.3) is 5.91 Å². The molecule has 1 aromatic carbocycles. The van der Waals surface area contributed by atoms with Crippen LogP contribution in [-0.4, -0.2) is 10.5 Å². The molecule has 1 N–H and O–H groups in total. The Hall–Kier alpha value is -2.32. The zero-order valence-electron chi connectivity index (χ0n) is 13.6. The number of para-hydroxylation sites is 1. The molecule has 1 amide bonds. The van der Waals surface area contributed by atoms with Gasteiger partial charge in [-0.15, -0.1) is 0 Å². The highest BCUT2D eigenvalue weighted by atomic mass is 79.9. The number of nitriles is 1. The topological polar surface area (TPSA) is 57.8 Å². The van der Waals surface area contributed by atoms with E-state index < -0.39 is 5.91 Å². The lowest BCUT2D eigenvalue weighted by molar-refractivity contribution is -0.112. The van der Waals surface area contributed by atoms with E-state index in [1.54, 1.807) is 12.1 Å². The van der Waals surface area contributed by atoms with Crippen molar-refractivity contribution < 1.29 is 4.79 Å². The minimum absolute atomic E-state index is 0.0989. The third kappa shape index (κ3) is 3.29. The summed E-state index contributed by atoms with van der Waals surface area (Å²) in [6.45, 7) is 4.10. The van der Waals surface area contributed by atoms with Gasteiger partial charge in [-0.3, -0.25) is 4.79 Å². The van der Waals surface area contributed by atoms with Crippen molar-refractivity contribution in [3.05, 3.63) is 57.3 Å². The first-order valence-corrected chi connectivity index (χ1v) is 8.66. The maximum absolute atomic E-state index is 12.4. The average molecular weight is 384 g/mol. The lowest BCUT2D eigenvalue weighted by atomic mass is 10.1. The van der Waals surface area contributed by atoms with Gasteiger partial charge in [-0.25, -0.2) is 0 Å². The van der Waals surface area contributed by atoms with Crippen molar-refractivity contribution >= 4 is 33.6 Å². The number of nitrogens with zero attached hydrogens (tertiary/aromatic N) is 2. The second-order valence-corrected chi connectivity index (χ2v) is 6.89. The van der Waals surface area contributed by atoms with E-state index in [-0.39, 0.29) is 5.57 Å². The molecule has 4 nitrogen and oxygen atoms in total. The molecule has 122 valence electrons. The Balaban J connectivity index is 1.87. The number of hydrogen-bond acceptors (Lipinski definition) is 2. The third-order valence-electron chi connectivity index (χ3n) is 4.22. The van der Waals surface area contributed by atoms with Crippen LogP contribution in [0.5, 0.6) is 0 Å². The first kappa shape index (κ1) is 16.5. The van der Waals surface area contributed by atoms with Crippen LogP contribution >= 0.6 is 15.9 Å². The minimum atomic E-state index is -0.402. The standard InChI is InChI=1S/C19H18BrN3O/c1-12-9-14(13(2)23(12)16-7-8-16)10-15(11-21)19(24)22-18-6-4-3-5-17(18)20/h3-6,9-10,16H,7-8H2,1-2H3,(H,22,24)/b15-10-. The second kappa shape index (κ2) is 6.66. The number of carbonyl (C=O) groups is 1. The fourth-order valence-corrected chi connectivity index (χ4v) is 3.28. The average Bonchev–Trinajstić information content (AvgIpc) is 3.34. The van der Waals surface area contributed by atoms with E-state index in [9.17, 15) is 10.1 Å². The first-order valence-electron chi connectivity index (χ1n) is 7.87. The summed E-state index contributed by atoms with van der Waals surface area (Å²) in [5.74, 6) is -0.402. The van der Waals surface area contributed by atoms with Crippen LogP contribution in [0.25, 0.3) is 6.08 Å². The van der Waals surface area contributed by atoms with Gasteiger partial charge < -0.3 is 9.88 Å². The largest absolute Gasteiger partial charge is 0.346 e. The fraction of sp³-hybridized carbons (Fsp3) is 0.263. The molecule has 2 aromatic rings. The van der Waals surface area contributed by atoms with Crippen molar-refractivity contribution in [1.29, 1.82) is 5.26 Å². The Bertz CT molecular complexity index is 869. The molecule has 0 atom stereocenters. The zero-order chi connectivity index (χ0) is 17.3. The summed E-state index contributed by atoms with van der Waals surface area (Å²) in [6.07, 6.45) is 4.08. The molecule has 0 aliphatic heterocycles. The maximum atomic E-state index is 12.4. The number of aromatic nitrogens is 1. The maximum Gasteiger partial charge on any atom is 0.266 e. The summed E-state index contributed by atoms with van der Waals surface area (Å²) in [7, 11) is 0. The molecular weight excluding hydrogens is 366 g/mol. The number of carbonyl (C=O) groups excluding carboxylic acids is 1. The van der Waals surface area contributed by atoms with Gasteiger partial charge in [-0.05, 0) is 72.5 Å². The Labute approximate surface area is 149 Å². The summed E-state index contributed by atoms with van der Waals surface area (Å²) in [5, 5.41) is 12.2. The van der Waals surface area contributed by atoms with Gasteiger partial charge >= 0.3 is 0 Å². The van der Waals surface area contributed by atoms with Gasteiger partial charge in [0, 0.05) is 21.9 Å². The lowest BCUT2D eigenvalue weighted by Crippen LogP contribution is -2.13. The van der Waals surface area contributed by atoms with Crippen LogP contribution in [0.1, 0.15) is 35.8 Å². The number of nitrogens with one attached hydrogen (secondary N) is 1. The second-order valence-electron chi connectivity index (χ2n) is 6.03. The van der Waals surface area contributed by atoms with E-state index in [1.165, 1.54) is 18.5 Å². The summed E-state index contributed by atoms with van der Waals surface area (Å²) >= 11 is 3.39. The molecule has 24 heavy (non-hydrogen) atoms. The van der Waals surface area contributed by atoms with E-state index in [1.807, 2.05) is 37.3 Å². The molecule has 0 bridgehead atoms. The number of amides is 1. The van der Waals surface area contributed by atoms with Crippen LogP contribution in [0.3, 0.4) is 0 Å². The van der Waals surface area contributed by atoms with Crippen molar-refractivity contribution in [3.63, 3.8) is 0 Å². The molecule has 5 heteroatoms. The van der Waals surface area contributed by atoms with Gasteiger partial charge in [0.15, 0.2) is 0 Å². The molecular formula is C19H18BrN3O. The van der Waals surface area contributed by atoms with Crippen LogP contribution in [0.2, 0.25) is 0 Å². The Morgan fingerprint density at radius 1 is 1.38 bits per heavy atom. The van der Waals surface area contributed by atoms with Crippen molar-refractivity contribution in [2.45, 2.75) is 32.7 Å². The Morgan fingerprint density at radius 2 is 2.08 bits per heavy atom. The van der Waals surface area contributed by atoms with Gasteiger partial charge in [0.05, 0.1) is 5.69 Å². The molecule has 1 aliphatic carbocycles. The van der Waals surface area contributed by atoms with Gasteiger partial charge in [0.1, 0.15) is 11.6 Å². The van der Waals surface area contributed by atoms with Gasteiger partial charge in [-0.2, -0.15) is 5.26 Å². The molecule has 1 aliphatic rings. The number of halogens is 1. The molecule has 1 heterocycles. The van der Waals surface area contributed by atoms with Gasteiger partial charge in [-0.1, -0.05) is 12.1 Å². The summed E-state index contributed by atoms with van der Waals surface area (Å²) in [6, 6.07) is 12.0. The van der Waals surface area contributed by atoms with Crippen molar-refractivity contribution in [3.8, 4) is 6.07 Å². The molecule has 1 saturated carbocycles. The number of hydrogen-bond donors (Lipinski definition) is 1. The highest BCUT2D eigenvalue weighted by Crippen LogP contribution is 2.38. The molecule has 1 aromatic heterocycles. The molecule has 0 spiro atoms. The monoisotopic (exact) mass is 383 g/mol. The lowest BCUT2D eigenvalue weighted by Gasteiger charge is -2.07. The molecule has 1 fully saturated rings. The summed E-state index contributed by atoms with van der Waals surface area (Å²) in [5.41, 5.74) is 3.95. The first-order chi connectivity index (χ1) is 11.5. The molecule has 0 saturated heterocycles. The van der Waals surface area contributed by atoms with Crippen molar-refractivity contribution in [2.75, 3.05) is 5.32 Å². The summed E-state index contributed by atoms with van der Waals surface area (Å²) < 4.78 is 3.08. The number of anilines is 1. The van der Waals surface area contributed by atoms with Crippen molar-refractivity contribution in [1.82, 2.24) is 4.57 Å². The van der Waals surface area contributed by atoms with E-state index in [0.29, 0.717) is 11.7 Å². The molecule has 0 radical (unpaired) electrons. The quantitative estimate of drug-likeness (QED) is 0.611. The van der Waals surface area contributed by atoms with E-state index in [4.69, 9.17) is 0 Å². The smallest absolute Gasteiger partial charge is 0.266 e. The molecule has 3 rings (SSSR count). The van der Waals surface area contributed by atoms with E-state index >= 15 is 0 Å². The Morgan fingerprint density at radius 3 is 2.71 bits per heavy atom. The molecule has 0 unspecified atom stereocenters. The van der Waals surface area contributed by atoms with E-state index in [2.05, 4.69) is 32.7 Å². The van der Waals surface area contributed by atoms with Crippen LogP contribution in [0, 0.1) is 25.2 Å². The highest BCUT2D eigenvalue weighted by Gasteiger charge is 2.26. The van der Waals surface area contributed by atoms with Crippen molar-refractivity contribution in [2.24, 2.45) is 0 Å². The Kier molecular flexibility index (Phi) is 4.59. The minimum Gasteiger partial charge on any atom is -0.346 e. The number of aryl methyl sites for hydroxylation is 1. The van der Waals surface area contributed by atoms with Crippen LogP contribution in [0.15, 0.2) is 40.4 Å². The van der Waals surface area contributed by atoms with Crippen LogP contribution in [0.4, 0.5) is 5.69 Å². The normalized spacial score (nSPS) is 14.3. The zero-order valence-corrected chi connectivity index (χ0v) is 15.2.